The van der Waals surface area contributed by atoms with Crippen LogP contribution in [0.3, 0.4) is 0 Å². The summed E-state index contributed by atoms with van der Waals surface area (Å²) < 4.78 is 6.55. The molecule has 0 spiro atoms. The minimum atomic E-state index is -1.10. The summed E-state index contributed by atoms with van der Waals surface area (Å²) in [6.45, 7) is 2.18. The number of nitrogens with zero attached hydrogens (tertiary/aromatic N) is 2. The molecule has 0 radical (unpaired) electrons. The number of imidazole rings is 1. The molecule has 2 heterocycles. The van der Waals surface area contributed by atoms with Crippen LogP contribution in [0.2, 0.25) is 0 Å². The summed E-state index contributed by atoms with van der Waals surface area (Å²) in [5.41, 5.74) is 1.86. The van der Waals surface area contributed by atoms with Gasteiger partial charge in [-0.1, -0.05) is 0 Å². The van der Waals surface area contributed by atoms with Gasteiger partial charge in [-0.25, -0.2) is 9.78 Å². The van der Waals surface area contributed by atoms with Gasteiger partial charge in [0.2, 0.25) is 0 Å². The Morgan fingerprint density at radius 1 is 1.52 bits per heavy atom. The zero-order valence-corrected chi connectivity index (χ0v) is 11.9. The lowest BCUT2D eigenvalue weighted by Gasteiger charge is -2.12. The van der Waals surface area contributed by atoms with Gasteiger partial charge in [0, 0.05) is 32.5 Å². The van der Waals surface area contributed by atoms with Crippen LogP contribution >= 0.6 is 0 Å². The van der Waals surface area contributed by atoms with Gasteiger partial charge in [-0.15, -0.1) is 0 Å². The number of hydrogen-bond donors (Lipinski definition) is 2. The first-order valence-corrected chi connectivity index (χ1v) is 6.49. The van der Waals surface area contributed by atoms with Crippen LogP contribution in [0.4, 0.5) is 0 Å². The van der Waals surface area contributed by atoms with Crippen molar-refractivity contribution < 1.29 is 19.4 Å². The molecule has 1 amide bonds. The number of carboxylic acid groups (broad SMARTS) is 1. The number of fused-ring (bicyclic) bond motifs is 1. The van der Waals surface area contributed by atoms with E-state index in [1.165, 1.54) is 7.11 Å². The average Bonchev–Trinajstić information content (AvgIpc) is 2.85. The maximum Gasteiger partial charge on any atom is 0.326 e. The maximum absolute atomic E-state index is 12.1. The van der Waals surface area contributed by atoms with Crippen LogP contribution in [-0.2, 0) is 9.53 Å². The van der Waals surface area contributed by atoms with E-state index >= 15 is 0 Å². The van der Waals surface area contributed by atoms with Crippen LogP contribution in [0.5, 0.6) is 0 Å². The molecule has 21 heavy (non-hydrogen) atoms. The molecule has 0 bridgehead atoms. The highest BCUT2D eigenvalue weighted by molar-refractivity contribution is 5.95. The Morgan fingerprint density at radius 3 is 2.95 bits per heavy atom. The highest BCUT2D eigenvalue weighted by atomic mass is 16.5. The first-order chi connectivity index (χ1) is 10.0. The SMILES string of the molecule is COCCC(NC(=O)c1cn2ccc(C)cc2n1)C(=O)O. The first-order valence-electron chi connectivity index (χ1n) is 6.49. The molecule has 7 heteroatoms. The zero-order valence-electron chi connectivity index (χ0n) is 11.9. The molecule has 0 aromatic carbocycles. The molecule has 0 fully saturated rings. The quantitative estimate of drug-likeness (QED) is 0.823. The highest BCUT2D eigenvalue weighted by Crippen LogP contribution is 2.08. The molecular formula is C14H17N3O4. The number of hydrogen-bond acceptors (Lipinski definition) is 4. The fourth-order valence-corrected chi connectivity index (χ4v) is 1.92. The Morgan fingerprint density at radius 2 is 2.29 bits per heavy atom. The second kappa shape index (κ2) is 6.36. The third-order valence-corrected chi connectivity index (χ3v) is 3.06. The van der Waals surface area contributed by atoms with Crippen LogP contribution in [0.1, 0.15) is 22.5 Å². The summed E-state index contributed by atoms with van der Waals surface area (Å²) in [7, 11) is 1.48. The molecule has 0 aliphatic carbocycles. The lowest BCUT2D eigenvalue weighted by molar-refractivity contribution is -0.139. The van der Waals surface area contributed by atoms with Crippen LogP contribution < -0.4 is 5.32 Å². The monoisotopic (exact) mass is 291 g/mol. The highest BCUT2D eigenvalue weighted by Gasteiger charge is 2.21. The molecule has 2 rings (SSSR count). The molecule has 2 aromatic rings. The van der Waals surface area contributed by atoms with Crippen molar-refractivity contribution in [3.8, 4) is 0 Å². The molecule has 0 aliphatic heterocycles. The van der Waals surface area contributed by atoms with Gasteiger partial charge in [0.15, 0.2) is 0 Å². The normalized spacial score (nSPS) is 12.3. The van der Waals surface area contributed by atoms with Crippen molar-refractivity contribution in [1.82, 2.24) is 14.7 Å². The number of carbonyl (C=O) groups is 2. The molecule has 1 unspecified atom stereocenters. The van der Waals surface area contributed by atoms with Crippen LogP contribution in [-0.4, -0.2) is 46.1 Å². The summed E-state index contributed by atoms with van der Waals surface area (Å²) in [6.07, 6.45) is 3.57. The van der Waals surface area contributed by atoms with Crippen molar-refractivity contribution in [2.45, 2.75) is 19.4 Å². The summed E-state index contributed by atoms with van der Waals surface area (Å²) in [5.74, 6) is -1.61. The average molecular weight is 291 g/mol. The van der Waals surface area contributed by atoms with E-state index in [2.05, 4.69) is 10.3 Å². The number of rotatable bonds is 6. The number of aliphatic carboxylic acids is 1. The predicted octanol–water partition coefficient (Wildman–Crippen LogP) is 0.862. The van der Waals surface area contributed by atoms with E-state index in [-0.39, 0.29) is 18.7 Å². The Kier molecular flexibility index (Phi) is 4.54. The number of carboxylic acids is 1. The lowest BCUT2D eigenvalue weighted by Crippen LogP contribution is -2.41. The molecule has 2 aromatic heterocycles. The molecule has 0 aliphatic rings. The number of methoxy groups -OCH3 is 1. The number of aromatic nitrogens is 2. The number of nitrogens with one attached hydrogen (secondary N) is 1. The molecule has 1 atom stereocenters. The van der Waals surface area contributed by atoms with Gasteiger partial charge < -0.3 is 19.6 Å². The maximum atomic E-state index is 12.1. The zero-order chi connectivity index (χ0) is 15.4. The molecule has 7 nitrogen and oxygen atoms in total. The standard InChI is InChI=1S/C14H17N3O4/c1-9-3-5-17-8-11(15-12(17)7-9)13(18)16-10(14(19)20)4-6-21-2/h3,5,7-8,10H,4,6H2,1-2H3,(H,16,18)(H,19,20). The van der Waals surface area contributed by atoms with Crippen molar-refractivity contribution >= 4 is 17.5 Å². The van der Waals surface area contributed by atoms with Gasteiger partial charge in [-0.3, -0.25) is 4.79 Å². The largest absolute Gasteiger partial charge is 0.480 e. The van der Waals surface area contributed by atoms with E-state index in [1.54, 1.807) is 16.8 Å². The van der Waals surface area contributed by atoms with Crippen molar-refractivity contribution in [3.05, 3.63) is 35.8 Å². The Labute approximate surface area is 121 Å². The Bertz CT molecular complexity index is 665. The second-order valence-corrected chi connectivity index (χ2v) is 4.74. The summed E-state index contributed by atoms with van der Waals surface area (Å²) >= 11 is 0. The van der Waals surface area contributed by atoms with Gasteiger partial charge >= 0.3 is 5.97 Å². The van der Waals surface area contributed by atoms with E-state index < -0.39 is 17.9 Å². The van der Waals surface area contributed by atoms with Crippen LogP contribution in [0, 0.1) is 6.92 Å². The number of carbonyl (C=O) groups excluding carboxylic acids is 1. The Balaban J connectivity index is 2.15. The fraction of sp³-hybridized carbons (Fsp3) is 0.357. The summed E-state index contributed by atoms with van der Waals surface area (Å²) in [4.78, 5) is 27.4. The van der Waals surface area contributed by atoms with Crippen molar-refractivity contribution in [2.24, 2.45) is 0 Å². The Hall–Kier alpha value is -2.41. The molecule has 0 saturated heterocycles. The second-order valence-electron chi connectivity index (χ2n) is 4.74. The predicted molar refractivity (Wildman–Crippen MR) is 75.3 cm³/mol. The van der Waals surface area contributed by atoms with Crippen molar-refractivity contribution in [2.75, 3.05) is 13.7 Å². The van der Waals surface area contributed by atoms with Gasteiger partial charge in [-0.2, -0.15) is 0 Å². The van der Waals surface area contributed by atoms with Gasteiger partial charge in [0.1, 0.15) is 17.4 Å². The topological polar surface area (TPSA) is 92.9 Å². The van der Waals surface area contributed by atoms with Gasteiger partial charge in [0.05, 0.1) is 0 Å². The summed E-state index contributed by atoms with van der Waals surface area (Å²) in [6, 6.07) is 2.75. The minimum Gasteiger partial charge on any atom is -0.480 e. The van der Waals surface area contributed by atoms with E-state index in [0.717, 1.165) is 5.56 Å². The number of aryl methyl sites for hydroxylation is 1. The molecule has 2 N–H and O–H groups in total. The third kappa shape index (κ3) is 3.57. The third-order valence-electron chi connectivity index (χ3n) is 3.06. The minimum absolute atomic E-state index is 0.185. The van der Waals surface area contributed by atoms with Gasteiger partial charge in [0.25, 0.3) is 5.91 Å². The van der Waals surface area contributed by atoms with Crippen molar-refractivity contribution in [3.63, 3.8) is 0 Å². The number of ether oxygens (including phenoxy) is 1. The van der Waals surface area contributed by atoms with E-state index in [1.807, 2.05) is 19.1 Å². The van der Waals surface area contributed by atoms with E-state index in [9.17, 15) is 9.59 Å². The number of pyridine rings is 1. The summed E-state index contributed by atoms with van der Waals surface area (Å²) in [5, 5.41) is 11.5. The lowest BCUT2D eigenvalue weighted by atomic mass is 10.2. The number of amides is 1. The fourth-order valence-electron chi connectivity index (χ4n) is 1.92. The van der Waals surface area contributed by atoms with Crippen molar-refractivity contribution in [1.29, 1.82) is 0 Å². The van der Waals surface area contributed by atoms with E-state index in [0.29, 0.717) is 5.65 Å². The molecule has 112 valence electrons. The molecular weight excluding hydrogens is 274 g/mol. The van der Waals surface area contributed by atoms with Gasteiger partial charge in [-0.05, 0) is 24.6 Å². The molecule has 0 saturated carbocycles. The first kappa shape index (κ1) is 15.0. The van der Waals surface area contributed by atoms with Crippen LogP contribution in [0.25, 0.3) is 5.65 Å². The van der Waals surface area contributed by atoms with E-state index in [4.69, 9.17) is 9.84 Å². The smallest absolute Gasteiger partial charge is 0.326 e. The van der Waals surface area contributed by atoms with Crippen LogP contribution in [0.15, 0.2) is 24.5 Å².